The number of hydrogen-bond donors (Lipinski definition) is 0. The van der Waals surface area contributed by atoms with Crippen molar-refractivity contribution in [2.24, 2.45) is 17.3 Å². The molecular weight excluding hydrogens is 477 g/mol. The minimum absolute atomic E-state index is 0. The van der Waals surface area contributed by atoms with Gasteiger partial charge in [0.15, 0.2) is 0 Å². The van der Waals surface area contributed by atoms with Gasteiger partial charge in [-0.15, -0.1) is 0 Å². The van der Waals surface area contributed by atoms with Crippen molar-refractivity contribution in [3.63, 3.8) is 0 Å². The molecule has 150 valence electrons. The summed E-state index contributed by atoms with van der Waals surface area (Å²) in [5.41, 5.74) is 6.01. The molecule has 0 N–H and O–H groups in total. The fourth-order valence-corrected chi connectivity index (χ4v) is 5.36. The van der Waals surface area contributed by atoms with Crippen molar-refractivity contribution in [1.82, 2.24) is 0 Å². The Kier molecular flexibility index (Phi) is 6.34. The standard InChI is InChI=1S/C25H31ClN.HI/c1-25(2)22-13-12-21(24(25)15-22)17-27(3,4)16-18-8-10-19(11-9-18)20-6-5-7-23(26)14-20;/h5-12,14,22,24H,13,15-17H2,1-4H3;1H/q+1;/p-1/t22-,24-;/m0./s1. The van der Waals surface area contributed by atoms with Crippen molar-refractivity contribution in [2.45, 2.75) is 33.2 Å². The van der Waals surface area contributed by atoms with E-state index >= 15 is 0 Å². The average Bonchev–Trinajstić information content (AvgIpc) is 2.61. The Morgan fingerprint density at radius 3 is 2.32 bits per heavy atom. The highest BCUT2D eigenvalue weighted by Crippen LogP contribution is 2.59. The highest BCUT2D eigenvalue weighted by molar-refractivity contribution is 6.30. The number of fused-ring (bicyclic) bond motifs is 1. The molecule has 28 heavy (non-hydrogen) atoms. The van der Waals surface area contributed by atoms with Crippen molar-refractivity contribution in [1.29, 1.82) is 0 Å². The van der Waals surface area contributed by atoms with Gasteiger partial charge in [-0.05, 0) is 58.9 Å². The first-order valence-corrected chi connectivity index (χ1v) is 10.5. The van der Waals surface area contributed by atoms with Crippen LogP contribution in [0.5, 0.6) is 0 Å². The highest BCUT2D eigenvalue weighted by atomic mass is 127. The van der Waals surface area contributed by atoms with Gasteiger partial charge in [0, 0.05) is 10.6 Å². The highest BCUT2D eigenvalue weighted by Gasteiger charge is 2.52. The fourth-order valence-electron chi connectivity index (χ4n) is 5.17. The fraction of sp³-hybridized carbons (Fsp3) is 0.440. The zero-order valence-electron chi connectivity index (χ0n) is 17.4. The lowest BCUT2D eigenvalue weighted by molar-refractivity contribution is -0.899. The van der Waals surface area contributed by atoms with Gasteiger partial charge in [0.25, 0.3) is 0 Å². The molecule has 0 spiro atoms. The quantitative estimate of drug-likeness (QED) is 0.330. The third kappa shape index (κ3) is 4.34. The van der Waals surface area contributed by atoms with Crippen LogP contribution in [0.15, 0.2) is 60.2 Å². The monoisotopic (exact) mass is 507 g/mol. The molecule has 3 heteroatoms. The molecule has 1 saturated carbocycles. The van der Waals surface area contributed by atoms with E-state index in [2.05, 4.69) is 64.4 Å². The zero-order chi connectivity index (χ0) is 19.2. The van der Waals surface area contributed by atoms with E-state index in [9.17, 15) is 0 Å². The maximum Gasteiger partial charge on any atom is 0.104 e. The van der Waals surface area contributed by atoms with E-state index in [4.69, 9.17) is 11.6 Å². The minimum atomic E-state index is 0. The smallest absolute Gasteiger partial charge is 0.104 e. The van der Waals surface area contributed by atoms with Crippen molar-refractivity contribution < 1.29 is 28.5 Å². The second-order valence-corrected chi connectivity index (χ2v) is 10.2. The molecule has 2 aromatic carbocycles. The van der Waals surface area contributed by atoms with Crippen molar-refractivity contribution >= 4 is 11.6 Å². The normalized spacial score (nSPS) is 22.7. The molecule has 0 saturated heterocycles. The maximum absolute atomic E-state index is 6.13. The number of nitrogens with zero attached hydrogens (tertiary/aromatic N) is 1. The number of quaternary nitrogens is 1. The third-order valence-electron chi connectivity index (χ3n) is 6.92. The largest absolute Gasteiger partial charge is 1.00 e. The molecule has 0 radical (unpaired) electrons. The van der Waals surface area contributed by atoms with Crippen LogP contribution < -0.4 is 24.0 Å². The van der Waals surface area contributed by atoms with Gasteiger partial charge in [-0.1, -0.05) is 67.9 Å². The molecule has 1 nitrogen and oxygen atoms in total. The molecule has 3 aliphatic carbocycles. The molecule has 5 rings (SSSR count). The topological polar surface area (TPSA) is 0 Å². The lowest BCUT2D eigenvalue weighted by Crippen LogP contribution is -3.00. The van der Waals surface area contributed by atoms with E-state index in [-0.39, 0.29) is 24.0 Å². The Morgan fingerprint density at radius 1 is 1.00 bits per heavy atom. The summed E-state index contributed by atoms with van der Waals surface area (Å²) in [7, 11) is 4.73. The molecular formula is C25H31ClIN. The predicted molar refractivity (Wildman–Crippen MR) is 116 cm³/mol. The summed E-state index contributed by atoms with van der Waals surface area (Å²) in [6.07, 6.45) is 5.24. The summed E-state index contributed by atoms with van der Waals surface area (Å²) in [4.78, 5) is 0. The summed E-state index contributed by atoms with van der Waals surface area (Å²) in [6, 6.07) is 17.1. The van der Waals surface area contributed by atoms with Crippen LogP contribution in [-0.4, -0.2) is 25.1 Å². The van der Waals surface area contributed by atoms with Gasteiger partial charge in [0.05, 0.1) is 14.1 Å². The summed E-state index contributed by atoms with van der Waals surface area (Å²) in [6.45, 7) is 7.15. The first-order valence-electron chi connectivity index (χ1n) is 10.1. The Hall–Kier alpha value is -0.840. The Bertz CT molecular complexity index is 866. The summed E-state index contributed by atoms with van der Waals surface area (Å²) in [5.74, 6) is 1.72. The van der Waals surface area contributed by atoms with Crippen molar-refractivity contribution in [3.05, 3.63) is 70.8 Å². The second kappa shape index (κ2) is 8.12. The van der Waals surface area contributed by atoms with Crippen LogP contribution in [0.3, 0.4) is 0 Å². The molecule has 3 aliphatic rings. The second-order valence-electron chi connectivity index (χ2n) is 9.78. The summed E-state index contributed by atoms with van der Waals surface area (Å²) < 4.78 is 1.01. The molecule has 0 amide bonds. The Balaban J connectivity index is 0.00000225. The lowest BCUT2D eigenvalue weighted by atomic mass is 9.49. The van der Waals surface area contributed by atoms with Gasteiger partial charge < -0.3 is 28.5 Å². The number of allylic oxidation sites excluding steroid dienone is 1. The van der Waals surface area contributed by atoms with E-state index in [0.717, 1.165) is 34.4 Å². The van der Waals surface area contributed by atoms with Crippen LogP contribution in [0.1, 0.15) is 32.3 Å². The minimum Gasteiger partial charge on any atom is -1.00 e. The van der Waals surface area contributed by atoms with Crippen LogP contribution >= 0.6 is 11.6 Å². The van der Waals surface area contributed by atoms with Gasteiger partial charge in [0.1, 0.15) is 13.1 Å². The first kappa shape index (κ1) is 21.9. The molecule has 2 aromatic rings. The molecule has 0 heterocycles. The van der Waals surface area contributed by atoms with Crippen molar-refractivity contribution in [3.8, 4) is 11.1 Å². The van der Waals surface area contributed by atoms with E-state index in [1.165, 1.54) is 29.5 Å². The van der Waals surface area contributed by atoms with Crippen LogP contribution in [0.2, 0.25) is 5.02 Å². The first-order chi connectivity index (χ1) is 12.7. The number of halogens is 2. The Morgan fingerprint density at radius 2 is 1.71 bits per heavy atom. The maximum atomic E-state index is 6.13. The molecule has 1 fully saturated rings. The number of benzene rings is 2. The van der Waals surface area contributed by atoms with E-state index in [0.29, 0.717) is 5.41 Å². The van der Waals surface area contributed by atoms with Gasteiger partial charge in [-0.25, -0.2) is 0 Å². The average molecular weight is 508 g/mol. The van der Waals surface area contributed by atoms with E-state index in [1.807, 2.05) is 18.2 Å². The van der Waals surface area contributed by atoms with Gasteiger partial charge in [-0.2, -0.15) is 0 Å². The van der Waals surface area contributed by atoms with Crippen LogP contribution in [0.4, 0.5) is 0 Å². The van der Waals surface area contributed by atoms with E-state index in [1.54, 1.807) is 5.57 Å². The van der Waals surface area contributed by atoms with Gasteiger partial charge in [0.2, 0.25) is 0 Å². The predicted octanol–water partition coefficient (Wildman–Crippen LogP) is 3.58. The van der Waals surface area contributed by atoms with Gasteiger partial charge >= 0.3 is 0 Å². The van der Waals surface area contributed by atoms with Crippen LogP contribution in [0, 0.1) is 17.3 Å². The van der Waals surface area contributed by atoms with Crippen LogP contribution in [0.25, 0.3) is 11.1 Å². The van der Waals surface area contributed by atoms with E-state index < -0.39 is 0 Å². The number of rotatable bonds is 5. The number of hydrogen-bond acceptors (Lipinski definition) is 0. The van der Waals surface area contributed by atoms with Crippen LogP contribution in [-0.2, 0) is 6.54 Å². The molecule has 2 atom stereocenters. The third-order valence-corrected chi connectivity index (χ3v) is 7.15. The zero-order valence-corrected chi connectivity index (χ0v) is 20.3. The van der Waals surface area contributed by atoms with Gasteiger partial charge in [-0.3, -0.25) is 0 Å². The summed E-state index contributed by atoms with van der Waals surface area (Å²) >= 11 is 6.13. The SMILES string of the molecule is CC1(C)[C@H]2CC=C(C[N+](C)(C)Cc3ccc(-c4cccc(Cl)c4)cc3)[C@@H]1C2.[I-]. The Labute approximate surface area is 192 Å². The van der Waals surface area contributed by atoms with Crippen molar-refractivity contribution in [2.75, 3.05) is 20.6 Å². The molecule has 0 unspecified atom stereocenters. The summed E-state index contributed by atoms with van der Waals surface area (Å²) in [5, 5.41) is 0.788. The number of likely N-dealkylation sites (N-methyl/N-ethyl adjacent to an activating group) is 1. The molecule has 2 bridgehead atoms. The lowest BCUT2D eigenvalue weighted by Gasteiger charge is -2.57. The molecule has 0 aliphatic heterocycles. The molecule has 0 aromatic heterocycles.